The van der Waals surface area contributed by atoms with Gasteiger partial charge in [0.05, 0.1) is 23.1 Å². The Bertz CT molecular complexity index is 1180. The van der Waals surface area contributed by atoms with Gasteiger partial charge in [-0.25, -0.2) is 0 Å². The van der Waals surface area contributed by atoms with Crippen LogP contribution in [0.1, 0.15) is 36.3 Å². The van der Waals surface area contributed by atoms with Gasteiger partial charge in [0.2, 0.25) is 0 Å². The molecule has 0 aromatic heterocycles. The maximum Gasteiger partial charge on any atom is 0.416 e. The molecule has 1 aliphatic carbocycles. The second-order valence-corrected chi connectivity index (χ2v) is 8.52. The summed E-state index contributed by atoms with van der Waals surface area (Å²) in [6.07, 6.45) is -1.19. The number of allylic oxidation sites excluding steroid dienone is 3. The van der Waals surface area contributed by atoms with Gasteiger partial charge in [-0.3, -0.25) is 9.69 Å². The number of carbonyl (C=O) groups excluding carboxylic acids is 1. The molecule has 164 valence electrons. The van der Waals surface area contributed by atoms with Gasteiger partial charge in [-0.05, 0) is 55.0 Å². The van der Waals surface area contributed by atoms with Crippen molar-refractivity contribution in [3.63, 3.8) is 0 Å². The lowest BCUT2D eigenvalue weighted by molar-refractivity contribution is -0.137. The highest BCUT2D eigenvalue weighted by Crippen LogP contribution is 2.47. The first-order valence-corrected chi connectivity index (χ1v) is 11.3. The molecular weight excluding hydrogens is 435 g/mol. The predicted molar refractivity (Wildman–Crippen MR) is 118 cm³/mol. The molecule has 1 heterocycles. The molecule has 0 saturated carbocycles. The van der Waals surface area contributed by atoms with E-state index in [-0.39, 0.29) is 22.9 Å². The molecule has 2 aromatic rings. The number of halogens is 3. The van der Waals surface area contributed by atoms with Crippen LogP contribution in [-0.2, 0) is 11.0 Å². The van der Waals surface area contributed by atoms with Crippen LogP contribution in [0, 0.1) is 11.3 Å². The molecule has 32 heavy (non-hydrogen) atoms. The van der Waals surface area contributed by atoms with Gasteiger partial charge in [0.1, 0.15) is 5.82 Å². The molecule has 4 nitrogen and oxygen atoms in total. The average molecular weight is 456 g/mol. The molecule has 8 heteroatoms. The van der Waals surface area contributed by atoms with Crippen molar-refractivity contribution < 1.29 is 18.0 Å². The number of hydrogen-bond acceptors (Lipinski definition) is 5. The monoisotopic (exact) mass is 455 g/mol. The number of benzene rings is 2. The number of hydrogen-bond donors (Lipinski definition) is 1. The summed E-state index contributed by atoms with van der Waals surface area (Å²) in [7, 11) is 0. The summed E-state index contributed by atoms with van der Waals surface area (Å²) in [5.74, 6) is -0.692. The molecule has 0 saturated heterocycles. The summed E-state index contributed by atoms with van der Waals surface area (Å²) in [6, 6.07) is 14.5. The van der Waals surface area contributed by atoms with Crippen LogP contribution in [-0.4, -0.2) is 12.0 Å². The Labute approximate surface area is 188 Å². The Balaban J connectivity index is 1.92. The van der Waals surface area contributed by atoms with Crippen molar-refractivity contribution in [1.82, 2.24) is 0 Å². The van der Waals surface area contributed by atoms with Crippen molar-refractivity contribution in [1.29, 1.82) is 5.26 Å². The predicted octanol–water partition coefficient (Wildman–Crippen LogP) is 5.73. The highest BCUT2D eigenvalue weighted by atomic mass is 32.2. The van der Waals surface area contributed by atoms with Gasteiger partial charge in [-0.15, -0.1) is 11.8 Å². The SMILES string of the molecule is CSc1ccc([C@@H]2C(C#N)=C(N)N(c3cccc(C(F)(F)F)c3)C3=C2C(=O)CCC3)cc1. The number of ketones is 1. The van der Waals surface area contributed by atoms with E-state index in [4.69, 9.17) is 5.73 Å². The lowest BCUT2D eigenvalue weighted by Gasteiger charge is -2.39. The second kappa shape index (κ2) is 8.40. The van der Waals surface area contributed by atoms with Crippen molar-refractivity contribution >= 4 is 23.2 Å². The maximum atomic E-state index is 13.3. The Morgan fingerprint density at radius 3 is 2.50 bits per heavy atom. The van der Waals surface area contributed by atoms with E-state index in [9.17, 15) is 23.2 Å². The molecule has 0 radical (unpaired) electrons. The van der Waals surface area contributed by atoms with Crippen LogP contribution in [0.3, 0.4) is 0 Å². The van der Waals surface area contributed by atoms with Crippen LogP contribution >= 0.6 is 11.8 Å². The molecule has 0 unspecified atom stereocenters. The van der Waals surface area contributed by atoms with Crippen molar-refractivity contribution in [2.45, 2.75) is 36.3 Å². The molecule has 1 aliphatic heterocycles. The summed E-state index contributed by atoms with van der Waals surface area (Å²) >= 11 is 1.57. The molecule has 4 rings (SSSR count). The maximum absolute atomic E-state index is 13.3. The van der Waals surface area contributed by atoms with E-state index in [2.05, 4.69) is 6.07 Å². The molecular formula is C24H20F3N3OS. The minimum absolute atomic E-state index is 0.0548. The van der Waals surface area contributed by atoms with Gasteiger partial charge in [0.25, 0.3) is 0 Å². The number of nitrogens with zero attached hydrogens (tertiary/aromatic N) is 2. The standard InChI is InChI=1S/C24H20F3N3OS/c1-32-17-10-8-14(9-11-17)21-18(13-28)23(29)30(19-6-3-7-20(31)22(19)21)16-5-2-4-15(12-16)24(25,26)27/h2,4-5,8-12,21H,3,6-7,29H2,1H3/t21-/m1/s1. The normalized spacial score (nSPS) is 19.2. The molecule has 2 aliphatic rings. The van der Waals surface area contributed by atoms with Gasteiger partial charge in [-0.2, -0.15) is 18.4 Å². The molecule has 2 N–H and O–H groups in total. The average Bonchev–Trinajstić information content (AvgIpc) is 2.78. The van der Waals surface area contributed by atoms with Gasteiger partial charge in [0.15, 0.2) is 5.78 Å². The van der Waals surface area contributed by atoms with Crippen LogP contribution in [0.25, 0.3) is 0 Å². The first-order chi connectivity index (χ1) is 15.3. The van der Waals surface area contributed by atoms with Gasteiger partial charge >= 0.3 is 6.18 Å². The van der Waals surface area contributed by atoms with E-state index < -0.39 is 17.7 Å². The van der Waals surface area contributed by atoms with Crippen molar-refractivity contribution in [2.24, 2.45) is 5.73 Å². The van der Waals surface area contributed by atoms with E-state index in [1.807, 2.05) is 30.5 Å². The Morgan fingerprint density at radius 1 is 1.16 bits per heavy atom. The number of nitrogens with two attached hydrogens (primary N) is 1. The molecule has 1 atom stereocenters. The topological polar surface area (TPSA) is 70.1 Å². The van der Waals surface area contributed by atoms with Gasteiger partial charge in [-0.1, -0.05) is 18.2 Å². The quantitative estimate of drug-likeness (QED) is 0.599. The molecule has 0 amide bonds. The van der Waals surface area contributed by atoms with Gasteiger partial charge in [0, 0.05) is 28.3 Å². The van der Waals surface area contributed by atoms with Crippen LogP contribution < -0.4 is 10.6 Å². The molecule has 0 fully saturated rings. The number of Topliss-reactive ketones (excluding diaryl/α,β-unsaturated/α-hetero) is 1. The van der Waals surface area contributed by atoms with Crippen molar-refractivity contribution in [3.8, 4) is 6.07 Å². The van der Waals surface area contributed by atoms with E-state index >= 15 is 0 Å². The third kappa shape index (κ3) is 3.78. The number of carbonyl (C=O) groups is 1. The summed E-state index contributed by atoms with van der Waals surface area (Å²) in [4.78, 5) is 15.6. The highest BCUT2D eigenvalue weighted by molar-refractivity contribution is 7.98. The summed E-state index contributed by atoms with van der Waals surface area (Å²) < 4.78 is 40.0. The Kier molecular flexibility index (Phi) is 5.78. The fraction of sp³-hybridized carbons (Fsp3) is 0.250. The number of thioether (sulfide) groups is 1. The van der Waals surface area contributed by atoms with E-state index in [1.165, 1.54) is 17.0 Å². The van der Waals surface area contributed by atoms with E-state index in [0.29, 0.717) is 30.5 Å². The lowest BCUT2D eigenvalue weighted by Crippen LogP contribution is -2.38. The highest BCUT2D eigenvalue weighted by Gasteiger charge is 2.41. The lowest BCUT2D eigenvalue weighted by atomic mass is 9.75. The smallest absolute Gasteiger partial charge is 0.384 e. The van der Waals surface area contributed by atoms with Crippen LogP contribution in [0.15, 0.2) is 76.1 Å². The molecule has 0 bridgehead atoms. The number of alkyl halides is 3. The molecule has 2 aromatic carbocycles. The Morgan fingerprint density at radius 2 is 1.88 bits per heavy atom. The van der Waals surface area contributed by atoms with Crippen LogP contribution in [0.4, 0.5) is 18.9 Å². The summed E-state index contributed by atoms with van der Waals surface area (Å²) in [5, 5.41) is 9.99. The first-order valence-electron chi connectivity index (χ1n) is 10.0. The largest absolute Gasteiger partial charge is 0.416 e. The van der Waals surface area contributed by atoms with E-state index in [0.717, 1.165) is 22.6 Å². The third-order valence-electron chi connectivity index (χ3n) is 5.79. The zero-order valence-corrected chi connectivity index (χ0v) is 18.1. The second-order valence-electron chi connectivity index (χ2n) is 7.64. The summed E-state index contributed by atoms with van der Waals surface area (Å²) in [6.45, 7) is 0. The summed E-state index contributed by atoms with van der Waals surface area (Å²) in [5.41, 5.74) is 7.70. The van der Waals surface area contributed by atoms with Crippen LogP contribution in [0.5, 0.6) is 0 Å². The third-order valence-corrected chi connectivity index (χ3v) is 6.54. The zero-order valence-electron chi connectivity index (χ0n) is 17.2. The minimum atomic E-state index is -4.52. The first kappa shape index (κ1) is 22.0. The fourth-order valence-electron chi connectivity index (χ4n) is 4.33. The number of anilines is 1. The van der Waals surface area contributed by atoms with Crippen LogP contribution in [0.2, 0.25) is 0 Å². The minimum Gasteiger partial charge on any atom is -0.384 e. The van der Waals surface area contributed by atoms with E-state index in [1.54, 1.807) is 11.8 Å². The van der Waals surface area contributed by atoms with Crippen molar-refractivity contribution in [3.05, 3.63) is 82.3 Å². The Hall–Kier alpha value is -3.18. The fourth-order valence-corrected chi connectivity index (χ4v) is 4.74. The number of rotatable bonds is 3. The molecule has 0 spiro atoms. The number of nitriles is 1. The van der Waals surface area contributed by atoms with Gasteiger partial charge < -0.3 is 5.73 Å². The van der Waals surface area contributed by atoms with Crippen molar-refractivity contribution in [2.75, 3.05) is 11.2 Å². The zero-order chi connectivity index (χ0) is 23.0.